The zero-order valence-corrected chi connectivity index (χ0v) is 13.7. The van der Waals surface area contributed by atoms with E-state index in [1.807, 2.05) is 38.1 Å². The second-order valence-corrected chi connectivity index (χ2v) is 5.83. The number of nitrogens with one attached hydrogen (secondary N) is 1. The monoisotopic (exact) mass is 350 g/mol. The summed E-state index contributed by atoms with van der Waals surface area (Å²) in [6.45, 7) is 4.48. The molecular formula is C14H15BrN4S. The second-order valence-electron chi connectivity index (χ2n) is 4.48. The number of thiocarbonyl (C=S) groups is 1. The maximum absolute atomic E-state index is 5.79. The molecule has 0 amide bonds. The van der Waals surface area contributed by atoms with Crippen molar-refractivity contribution in [3.05, 3.63) is 51.1 Å². The van der Waals surface area contributed by atoms with Gasteiger partial charge in [0.2, 0.25) is 0 Å². The molecule has 0 aliphatic heterocycles. The van der Waals surface area contributed by atoms with Crippen LogP contribution in [0.1, 0.15) is 22.4 Å². The molecule has 1 aromatic heterocycles. The summed E-state index contributed by atoms with van der Waals surface area (Å²) in [5.74, 6) is 0.628. The summed E-state index contributed by atoms with van der Waals surface area (Å²) in [6.07, 6.45) is 0. The molecule has 2 rings (SSSR count). The van der Waals surface area contributed by atoms with Gasteiger partial charge in [-0.15, -0.1) is 5.10 Å². The van der Waals surface area contributed by atoms with Crippen LogP contribution in [-0.2, 0) is 6.54 Å². The van der Waals surface area contributed by atoms with Crippen LogP contribution in [0.5, 0.6) is 0 Å². The third-order valence-electron chi connectivity index (χ3n) is 3.07. The first kappa shape index (κ1) is 14.9. The predicted octanol–water partition coefficient (Wildman–Crippen LogP) is 3.10. The third kappa shape index (κ3) is 3.32. The van der Waals surface area contributed by atoms with Gasteiger partial charge in [0.25, 0.3) is 0 Å². The summed E-state index contributed by atoms with van der Waals surface area (Å²) < 4.78 is 1.05. The SMILES string of the molecule is Cc1nnc(NCc2ccc(Br)cc2)c(C(N)=S)c1C. The van der Waals surface area contributed by atoms with E-state index in [0.717, 1.165) is 26.9 Å². The Morgan fingerprint density at radius 3 is 2.50 bits per heavy atom. The van der Waals surface area contributed by atoms with Gasteiger partial charge >= 0.3 is 0 Å². The van der Waals surface area contributed by atoms with Crippen molar-refractivity contribution in [3.63, 3.8) is 0 Å². The van der Waals surface area contributed by atoms with Crippen molar-refractivity contribution in [2.24, 2.45) is 5.73 Å². The molecule has 6 heteroatoms. The lowest BCUT2D eigenvalue weighted by Gasteiger charge is -2.13. The Bertz CT molecular complexity index is 640. The maximum Gasteiger partial charge on any atom is 0.159 e. The molecule has 0 spiro atoms. The van der Waals surface area contributed by atoms with Crippen molar-refractivity contribution in [3.8, 4) is 0 Å². The summed E-state index contributed by atoms with van der Waals surface area (Å²) >= 11 is 8.52. The molecule has 3 N–H and O–H groups in total. The number of halogens is 1. The van der Waals surface area contributed by atoms with Crippen molar-refractivity contribution < 1.29 is 0 Å². The van der Waals surface area contributed by atoms with E-state index in [-0.39, 0.29) is 0 Å². The molecule has 0 aliphatic rings. The lowest BCUT2D eigenvalue weighted by molar-refractivity contribution is 0.943. The van der Waals surface area contributed by atoms with Gasteiger partial charge in [0.15, 0.2) is 5.82 Å². The predicted molar refractivity (Wildman–Crippen MR) is 88.9 cm³/mol. The Balaban J connectivity index is 2.23. The number of hydrogen-bond acceptors (Lipinski definition) is 4. The molecule has 104 valence electrons. The van der Waals surface area contributed by atoms with Crippen LogP contribution < -0.4 is 11.1 Å². The minimum absolute atomic E-state index is 0.332. The van der Waals surface area contributed by atoms with Crippen LogP contribution in [0.2, 0.25) is 0 Å². The van der Waals surface area contributed by atoms with Crippen LogP contribution >= 0.6 is 28.1 Å². The number of nitrogens with two attached hydrogens (primary N) is 1. The van der Waals surface area contributed by atoms with Gasteiger partial charge < -0.3 is 11.1 Å². The van der Waals surface area contributed by atoms with Crippen LogP contribution in [0.25, 0.3) is 0 Å². The van der Waals surface area contributed by atoms with E-state index in [9.17, 15) is 0 Å². The smallest absolute Gasteiger partial charge is 0.159 e. The second kappa shape index (κ2) is 6.28. The Labute approximate surface area is 131 Å². The zero-order chi connectivity index (χ0) is 14.7. The fourth-order valence-corrected chi connectivity index (χ4v) is 2.34. The minimum atomic E-state index is 0.332. The standard InChI is InChI=1S/C14H15BrN4S/c1-8-9(2)18-19-14(12(8)13(16)20)17-7-10-3-5-11(15)6-4-10/h3-6H,7H2,1-2H3,(H2,16,20)(H,17,19). The fraction of sp³-hybridized carbons (Fsp3) is 0.214. The molecule has 0 unspecified atom stereocenters. The number of hydrogen-bond donors (Lipinski definition) is 2. The summed E-state index contributed by atoms with van der Waals surface area (Å²) in [7, 11) is 0. The van der Waals surface area contributed by atoms with Crippen molar-refractivity contribution in [1.82, 2.24) is 10.2 Å². The fourth-order valence-electron chi connectivity index (χ4n) is 1.82. The number of benzene rings is 1. The molecule has 0 fully saturated rings. The highest BCUT2D eigenvalue weighted by Gasteiger charge is 2.13. The molecule has 1 heterocycles. The van der Waals surface area contributed by atoms with Crippen LogP contribution in [0.3, 0.4) is 0 Å². The lowest BCUT2D eigenvalue weighted by atomic mass is 10.1. The number of aromatic nitrogens is 2. The zero-order valence-electron chi connectivity index (χ0n) is 11.3. The van der Waals surface area contributed by atoms with Gasteiger partial charge in [-0.1, -0.05) is 40.3 Å². The molecule has 1 aromatic carbocycles. The summed E-state index contributed by atoms with van der Waals surface area (Å²) in [4.78, 5) is 0.332. The van der Waals surface area contributed by atoms with E-state index >= 15 is 0 Å². The Hall–Kier alpha value is -1.53. The molecule has 4 nitrogen and oxygen atoms in total. The highest BCUT2D eigenvalue weighted by molar-refractivity contribution is 9.10. The van der Waals surface area contributed by atoms with Gasteiger partial charge in [0.05, 0.1) is 11.3 Å². The summed E-state index contributed by atoms with van der Waals surface area (Å²) in [6, 6.07) is 8.06. The highest BCUT2D eigenvalue weighted by atomic mass is 79.9. The van der Waals surface area contributed by atoms with Gasteiger partial charge in [-0.05, 0) is 37.1 Å². The molecule has 0 atom stereocenters. The molecular weight excluding hydrogens is 336 g/mol. The van der Waals surface area contributed by atoms with Crippen LogP contribution in [0, 0.1) is 13.8 Å². The van der Waals surface area contributed by atoms with Gasteiger partial charge in [0.1, 0.15) is 4.99 Å². The topological polar surface area (TPSA) is 63.8 Å². The molecule has 0 radical (unpaired) electrons. The van der Waals surface area contributed by atoms with E-state index in [2.05, 4.69) is 31.4 Å². The van der Waals surface area contributed by atoms with Gasteiger partial charge in [0, 0.05) is 11.0 Å². The van der Waals surface area contributed by atoms with E-state index in [0.29, 0.717) is 17.4 Å². The molecule has 0 saturated heterocycles. The largest absolute Gasteiger partial charge is 0.389 e. The highest BCUT2D eigenvalue weighted by Crippen LogP contribution is 2.19. The summed E-state index contributed by atoms with van der Waals surface area (Å²) in [5, 5.41) is 11.5. The average molecular weight is 351 g/mol. The van der Waals surface area contributed by atoms with E-state index < -0.39 is 0 Å². The number of nitrogens with zero attached hydrogens (tertiary/aromatic N) is 2. The van der Waals surface area contributed by atoms with E-state index in [1.165, 1.54) is 0 Å². The Kier molecular flexibility index (Phi) is 4.67. The van der Waals surface area contributed by atoms with Crippen LogP contribution in [0.15, 0.2) is 28.7 Å². The Morgan fingerprint density at radius 1 is 1.25 bits per heavy atom. The van der Waals surface area contributed by atoms with Gasteiger partial charge in [-0.3, -0.25) is 0 Å². The first-order valence-electron chi connectivity index (χ1n) is 6.11. The van der Waals surface area contributed by atoms with Crippen molar-refractivity contribution in [2.75, 3.05) is 5.32 Å². The van der Waals surface area contributed by atoms with Crippen LogP contribution in [0.4, 0.5) is 5.82 Å². The van der Waals surface area contributed by atoms with Crippen molar-refractivity contribution >= 4 is 39.0 Å². The summed E-state index contributed by atoms with van der Waals surface area (Å²) in [5.41, 5.74) is 9.50. The first-order valence-corrected chi connectivity index (χ1v) is 7.31. The van der Waals surface area contributed by atoms with Gasteiger partial charge in [-0.25, -0.2) is 0 Å². The number of rotatable bonds is 4. The normalized spacial score (nSPS) is 10.3. The molecule has 0 saturated carbocycles. The lowest BCUT2D eigenvalue weighted by Crippen LogP contribution is -2.18. The molecule has 0 bridgehead atoms. The quantitative estimate of drug-likeness (QED) is 0.829. The van der Waals surface area contributed by atoms with Crippen LogP contribution in [-0.4, -0.2) is 15.2 Å². The number of aryl methyl sites for hydroxylation is 1. The Morgan fingerprint density at radius 2 is 1.90 bits per heavy atom. The first-order chi connectivity index (χ1) is 9.49. The third-order valence-corrected chi connectivity index (χ3v) is 3.81. The maximum atomic E-state index is 5.79. The molecule has 0 aliphatic carbocycles. The van der Waals surface area contributed by atoms with E-state index in [1.54, 1.807) is 0 Å². The minimum Gasteiger partial charge on any atom is -0.389 e. The van der Waals surface area contributed by atoms with Crippen molar-refractivity contribution in [2.45, 2.75) is 20.4 Å². The van der Waals surface area contributed by atoms with Crippen molar-refractivity contribution in [1.29, 1.82) is 0 Å². The molecule has 2 aromatic rings. The average Bonchev–Trinajstić information content (AvgIpc) is 2.41. The molecule has 20 heavy (non-hydrogen) atoms. The van der Waals surface area contributed by atoms with Gasteiger partial charge in [-0.2, -0.15) is 5.10 Å². The number of anilines is 1. The van der Waals surface area contributed by atoms with E-state index in [4.69, 9.17) is 18.0 Å².